The number of piperazine rings is 1. The molecule has 1 atom stereocenters. The van der Waals surface area contributed by atoms with Crippen LogP contribution in [0, 0.1) is 5.92 Å². The van der Waals surface area contributed by atoms with Crippen LogP contribution in [0.2, 0.25) is 0 Å². The highest BCUT2D eigenvalue weighted by Crippen LogP contribution is 2.33. The molecule has 0 saturated carbocycles. The van der Waals surface area contributed by atoms with Crippen LogP contribution in [0.5, 0.6) is 5.75 Å². The Morgan fingerprint density at radius 2 is 1.90 bits per heavy atom. The maximum absolute atomic E-state index is 13.9. The molecule has 4 aromatic rings. The summed E-state index contributed by atoms with van der Waals surface area (Å²) in [4.78, 5) is 45.2. The average Bonchev–Trinajstić information content (AvgIpc) is 3.46. The van der Waals surface area contributed by atoms with Gasteiger partial charge in [-0.05, 0) is 56.6 Å². The molecule has 2 fully saturated rings. The van der Waals surface area contributed by atoms with E-state index in [2.05, 4.69) is 24.8 Å². The number of H-pyrrole nitrogens is 2. The van der Waals surface area contributed by atoms with Crippen molar-refractivity contribution < 1.29 is 17.9 Å². The van der Waals surface area contributed by atoms with Crippen LogP contribution in [0.3, 0.4) is 0 Å². The Hall–Kier alpha value is -3.81. The Morgan fingerprint density at radius 1 is 1.10 bits per heavy atom. The van der Waals surface area contributed by atoms with Crippen molar-refractivity contribution in [2.75, 3.05) is 52.9 Å². The quantitative estimate of drug-likeness (QED) is 0.333. The molecule has 12 nitrogen and oxygen atoms in total. The van der Waals surface area contributed by atoms with Gasteiger partial charge in [0.1, 0.15) is 11.6 Å². The summed E-state index contributed by atoms with van der Waals surface area (Å²) in [6.45, 7) is 5.80. The second-order valence-corrected chi connectivity index (χ2v) is 13.0. The van der Waals surface area contributed by atoms with Crippen molar-refractivity contribution in [3.63, 3.8) is 0 Å². The number of hydrogen-bond acceptors (Lipinski definition) is 8. The summed E-state index contributed by atoms with van der Waals surface area (Å²) in [7, 11) is -1.91. The number of imidazole rings is 1. The first-order chi connectivity index (χ1) is 20.2. The lowest BCUT2D eigenvalue weighted by molar-refractivity contribution is -0.138. The molecule has 42 heavy (non-hydrogen) atoms. The largest absolute Gasteiger partial charge is 0.493 e. The van der Waals surface area contributed by atoms with Gasteiger partial charge in [0, 0.05) is 39.3 Å². The van der Waals surface area contributed by atoms with Gasteiger partial charge in [-0.1, -0.05) is 6.92 Å². The van der Waals surface area contributed by atoms with Crippen molar-refractivity contribution in [2.24, 2.45) is 5.92 Å². The van der Waals surface area contributed by atoms with E-state index in [1.54, 1.807) is 24.5 Å². The monoisotopic (exact) mass is 593 g/mol. The molecule has 1 unspecified atom stereocenters. The number of fused-ring (bicyclic) bond motifs is 2. The number of sulfonamides is 1. The SMILES string of the molecule is CCCOc1ccc(S(=O)(=O)N2CCCC(C(=O)N3CCN(C)CC3)C2)cc1-c1nc(=O)c2cc3[nH]cnc3cc2[nH]1. The highest BCUT2D eigenvalue weighted by Gasteiger charge is 2.36. The van der Waals surface area contributed by atoms with Crippen LogP contribution >= 0.6 is 0 Å². The van der Waals surface area contributed by atoms with Gasteiger partial charge in [0.05, 0.1) is 51.2 Å². The predicted octanol–water partition coefficient (Wildman–Crippen LogP) is 2.43. The van der Waals surface area contributed by atoms with Gasteiger partial charge in [0.2, 0.25) is 15.9 Å². The lowest BCUT2D eigenvalue weighted by atomic mass is 9.98. The number of piperidine rings is 1. The fraction of sp³-hybridized carbons (Fsp3) is 0.448. The number of aromatic nitrogens is 4. The smallest absolute Gasteiger partial charge is 0.281 e. The van der Waals surface area contributed by atoms with Crippen LogP contribution in [0.4, 0.5) is 0 Å². The summed E-state index contributed by atoms with van der Waals surface area (Å²) in [6.07, 6.45) is 3.57. The predicted molar refractivity (Wildman–Crippen MR) is 159 cm³/mol. The Balaban J connectivity index is 1.34. The first-order valence-corrected chi connectivity index (χ1v) is 15.8. The first kappa shape index (κ1) is 28.3. The van der Waals surface area contributed by atoms with Gasteiger partial charge < -0.3 is 24.5 Å². The molecular weight excluding hydrogens is 558 g/mol. The molecule has 2 aromatic carbocycles. The minimum atomic E-state index is -3.94. The lowest BCUT2D eigenvalue weighted by Crippen LogP contribution is -2.52. The zero-order chi connectivity index (χ0) is 29.4. The summed E-state index contributed by atoms with van der Waals surface area (Å²) in [5, 5.41) is 0.389. The molecule has 13 heteroatoms. The van der Waals surface area contributed by atoms with Crippen molar-refractivity contribution in [3.8, 4) is 17.1 Å². The molecule has 2 aromatic heterocycles. The van der Waals surface area contributed by atoms with E-state index in [-0.39, 0.29) is 29.1 Å². The zero-order valence-corrected chi connectivity index (χ0v) is 24.6. The number of amides is 1. The van der Waals surface area contributed by atoms with Crippen molar-refractivity contribution in [1.82, 2.24) is 34.0 Å². The number of nitrogens with one attached hydrogen (secondary N) is 2. The summed E-state index contributed by atoms with van der Waals surface area (Å²) in [6, 6.07) is 8.08. The summed E-state index contributed by atoms with van der Waals surface area (Å²) >= 11 is 0. The number of ether oxygens (including phenoxy) is 1. The van der Waals surface area contributed by atoms with Gasteiger partial charge in [0.15, 0.2) is 0 Å². The average molecular weight is 594 g/mol. The standard InChI is InChI=1S/C29H35N7O5S/c1-3-13-41-26-7-6-20(14-22(26)27-32-23-16-25-24(30-18-31-25)15-21(23)28(37)33-27)42(39,40)36-8-4-5-19(17-36)29(38)35-11-9-34(2)10-12-35/h6-7,14-16,18-19H,3-5,8-13,17H2,1-2H3,(H,30,31)(H,32,33,37). The van der Waals surface area contributed by atoms with E-state index in [1.807, 2.05) is 18.9 Å². The second kappa shape index (κ2) is 11.5. The van der Waals surface area contributed by atoms with E-state index < -0.39 is 15.6 Å². The first-order valence-electron chi connectivity index (χ1n) is 14.4. The maximum Gasteiger partial charge on any atom is 0.281 e. The lowest BCUT2D eigenvalue weighted by Gasteiger charge is -2.37. The Bertz CT molecular complexity index is 1790. The highest BCUT2D eigenvalue weighted by atomic mass is 32.2. The van der Waals surface area contributed by atoms with E-state index in [0.29, 0.717) is 72.3 Å². The Morgan fingerprint density at radius 3 is 2.69 bits per heavy atom. The van der Waals surface area contributed by atoms with Gasteiger partial charge in [-0.2, -0.15) is 9.29 Å². The van der Waals surface area contributed by atoms with E-state index in [1.165, 1.54) is 16.4 Å². The summed E-state index contributed by atoms with van der Waals surface area (Å²) in [5.74, 6) is 0.269. The molecule has 0 bridgehead atoms. The molecule has 2 saturated heterocycles. The van der Waals surface area contributed by atoms with Gasteiger partial charge >= 0.3 is 0 Å². The van der Waals surface area contributed by atoms with Crippen molar-refractivity contribution >= 4 is 37.9 Å². The van der Waals surface area contributed by atoms with Gasteiger partial charge in [-0.15, -0.1) is 0 Å². The van der Waals surface area contributed by atoms with Crippen LogP contribution in [-0.2, 0) is 14.8 Å². The van der Waals surface area contributed by atoms with E-state index in [9.17, 15) is 18.0 Å². The van der Waals surface area contributed by atoms with Crippen molar-refractivity contribution in [2.45, 2.75) is 31.1 Å². The fourth-order valence-electron chi connectivity index (χ4n) is 5.70. The number of benzene rings is 2. The molecule has 0 spiro atoms. The van der Waals surface area contributed by atoms with Gasteiger partial charge in [-0.25, -0.2) is 13.4 Å². The summed E-state index contributed by atoms with van der Waals surface area (Å²) in [5.41, 5.74) is 1.84. The molecule has 2 N–H and O–H groups in total. The van der Waals surface area contributed by atoms with Crippen LogP contribution in [0.15, 0.2) is 46.3 Å². The van der Waals surface area contributed by atoms with Crippen LogP contribution < -0.4 is 10.3 Å². The third-order valence-corrected chi connectivity index (χ3v) is 9.97. The number of aromatic amines is 2. The number of hydrogen-bond donors (Lipinski definition) is 2. The maximum atomic E-state index is 13.9. The number of carbonyl (C=O) groups is 1. The molecule has 1 amide bonds. The van der Waals surface area contributed by atoms with Crippen LogP contribution in [0.25, 0.3) is 33.3 Å². The highest BCUT2D eigenvalue weighted by molar-refractivity contribution is 7.89. The molecule has 0 radical (unpaired) electrons. The minimum absolute atomic E-state index is 0.0240. The molecule has 2 aliphatic heterocycles. The molecule has 4 heterocycles. The van der Waals surface area contributed by atoms with Crippen LogP contribution in [-0.4, -0.2) is 101 Å². The second-order valence-electron chi connectivity index (χ2n) is 11.0. The third kappa shape index (κ3) is 5.39. The minimum Gasteiger partial charge on any atom is -0.493 e. The Kier molecular flexibility index (Phi) is 7.73. The van der Waals surface area contributed by atoms with E-state index in [4.69, 9.17) is 4.74 Å². The van der Waals surface area contributed by atoms with Crippen LogP contribution in [0.1, 0.15) is 26.2 Å². The fourth-order valence-corrected chi connectivity index (χ4v) is 7.25. The molecule has 222 valence electrons. The topological polar surface area (TPSA) is 145 Å². The van der Waals surface area contributed by atoms with Crippen molar-refractivity contribution in [1.29, 1.82) is 0 Å². The normalized spacial score (nSPS) is 19.0. The summed E-state index contributed by atoms with van der Waals surface area (Å²) < 4.78 is 35.2. The molecular formula is C29H35N7O5S. The number of likely N-dealkylation sites (N-methyl/N-ethyl adjacent to an activating group) is 1. The molecule has 0 aliphatic carbocycles. The van der Waals surface area contributed by atoms with E-state index in [0.717, 1.165) is 19.5 Å². The third-order valence-electron chi connectivity index (χ3n) is 8.11. The zero-order valence-electron chi connectivity index (χ0n) is 23.8. The molecule has 6 rings (SSSR count). The Labute approximate surface area is 243 Å². The van der Waals surface area contributed by atoms with Gasteiger partial charge in [-0.3, -0.25) is 9.59 Å². The van der Waals surface area contributed by atoms with E-state index >= 15 is 0 Å². The number of carbonyl (C=O) groups excluding carboxylic acids is 1. The number of rotatable bonds is 7. The number of nitrogens with zero attached hydrogens (tertiary/aromatic N) is 5. The molecule has 2 aliphatic rings. The van der Waals surface area contributed by atoms with Crippen molar-refractivity contribution in [3.05, 3.63) is 47.0 Å². The van der Waals surface area contributed by atoms with Gasteiger partial charge in [0.25, 0.3) is 5.56 Å².